The van der Waals surface area contributed by atoms with Crippen molar-refractivity contribution >= 4 is 5.91 Å². The van der Waals surface area contributed by atoms with Crippen molar-refractivity contribution in [2.75, 3.05) is 13.7 Å². The monoisotopic (exact) mass is 288 g/mol. The van der Waals surface area contributed by atoms with Gasteiger partial charge in [-0.3, -0.25) is 14.6 Å². The van der Waals surface area contributed by atoms with E-state index in [0.717, 1.165) is 5.56 Å². The average Bonchev–Trinajstić information content (AvgIpc) is 2.53. The van der Waals surface area contributed by atoms with E-state index in [1.54, 1.807) is 18.5 Å². The topological polar surface area (TPSA) is 86.1 Å². The second kappa shape index (κ2) is 7.30. The van der Waals surface area contributed by atoms with Crippen molar-refractivity contribution in [3.63, 3.8) is 0 Å². The average molecular weight is 288 g/mol. The molecule has 2 aromatic heterocycles. The van der Waals surface area contributed by atoms with Crippen LogP contribution in [-0.4, -0.2) is 34.4 Å². The number of carbonyl (C=O) groups is 1. The zero-order valence-corrected chi connectivity index (χ0v) is 11.7. The molecular formula is C14H16N4O3. The van der Waals surface area contributed by atoms with Gasteiger partial charge in [0.1, 0.15) is 5.69 Å². The summed E-state index contributed by atoms with van der Waals surface area (Å²) in [4.78, 5) is 27.6. The minimum Gasteiger partial charge on any atom is -0.383 e. The Bertz CT molecular complexity index is 655. The Morgan fingerprint density at radius 3 is 2.95 bits per heavy atom. The van der Waals surface area contributed by atoms with Crippen LogP contribution in [0, 0.1) is 0 Å². The lowest BCUT2D eigenvalue weighted by atomic mass is 10.3. The van der Waals surface area contributed by atoms with E-state index in [2.05, 4.69) is 15.4 Å². The van der Waals surface area contributed by atoms with Crippen LogP contribution in [0.4, 0.5) is 0 Å². The minimum absolute atomic E-state index is 0.189. The van der Waals surface area contributed by atoms with E-state index < -0.39 is 0 Å². The van der Waals surface area contributed by atoms with E-state index in [9.17, 15) is 9.59 Å². The molecule has 0 atom stereocenters. The number of nitrogens with zero attached hydrogens (tertiary/aromatic N) is 3. The highest BCUT2D eigenvalue weighted by molar-refractivity contribution is 5.91. The van der Waals surface area contributed by atoms with Gasteiger partial charge >= 0.3 is 0 Å². The fraction of sp³-hybridized carbons (Fsp3) is 0.286. The van der Waals surface area contributed by atoms with Crippen molar-refractivity contribution in [2.24, 2.45) is 0 Å². The molecule has 0 aromatic carbocycles. The van der Waals surface area contributed by atoms with Crippen molar-refractivity contribution in [3.8, 4) is 0 Å². The Balaban J connectivity index is 2.03. The maximum atomic E-state index is 12.0. The molecule has 0 aliphatic carbocycles. The molecule has 2 aromatic rings. The molecule has 0 fully saturated rings. The summed E-state index contributed by atoms with van der Waals surface area (Å²) in [6.07, 6.45) is 3.34. The highest BCUT2D eigenvalue weighted by Gasteiger charge is 2.09. The van der Waals surface area contributed by atoms with Gasteiger partial charge in [0.05, 0.1) is 13.2 Å². The first-order valence-electron chi connectivity index (χ1n) is 6.45. The summed E-state index contributed by atoms with van der Waals surface area (Å²) in [5, 5.41) is 6.75. The van der Waals surface area contributed by atoms with Crippen LogP contribution < -0.4 is 10.9 Å². The maximum absolute atomic E-state index is 12.0. The Hall–Kier alpha value is -2.54. The normalized spacial score (nSPS) is 10.3. The highest BCUT2D eigenvalue weighted by Crippen LogP contribution is 1.97. The number of pyridine rings is 1. The maximum Gasteiger partial charge on any atom is 0.271 e. The van der Waals surface area contributed by atoms with Crippen LogP contribution >= 0.6 is 0 Å². The van der Waals surface area contributed by atoms with Gasteiger partial charge in [-0.15, -0.1) is 0 Å². The van der Waals surface area contributed by atoms with Gasteiger partial charge in [-0.25, -0.2) is 4.68 Å². The smallest absolute Gasteiger partial charge is 0.271 e. The lowest BCUT2D eigenvalue weighted by molar-refractivity contribution is 0.0942. The van der Waals surface area contributed by atoms with Crippen molar-refractivity contribution in [3.05, 3.63) is 58.3 Å². The molecule has 0 aliphatic rings. The van der Waals surface area contributed by atoms with Gasteiger partial charge in [-0.1, -0.05) is 6.07 Å². The number of aromatic nitrogens is 3. The van der Waals surface area contributed by atoms with Crippen molar-refractivity contribution in [1.29, 1.82) is 0 Å². The van der Waals surface area contributed by atoms with Crippen LogP contribution in [0.25, 0.3) is 0 Å². The number of carbonyl (C=O) groups excluding carboxylic acids is 1. The predicted molar refractivity (Wildman–Crippen MR) is 75.8 cm³/mol. The quantitative estimate of drug-likeness (QED) is 0.821. The molecule has 0 radical (unpaired) electrons. The molecule has 0 spiro atoms. The molecule has 7 nitrogen and oxygen atoms in total. The zero-order chi connectivity index (χ0) is 15.1. The highest BCUT2D eigenvalue weighted by atomic mass is 16.5. The number of hydrogen-bond acceptors (Lipinski definition) is 5. The van der Waals surface area contributed by atoms with Crippen LogP contribution in [-0.2, 0) is 17.8 Å². The van der Waals surface area contributed by atoms with Crippen molar-refractivity contribution < 1.29 is 9.53 Å². The van der Waals surface area contributed by atoms with E-state index in [-0.39, 0.29) is 17.2 Å². The standard InChI is InChI=1S/C14H16N4O3/c1-21-8-7-18-13(19)5-4-12(17-18)14(20)16-10-11-3-2-6-15-9-11/h2-6,9H,7-8,10H2,1H3,(H,16,20). The number of rotatable bonds is 6. The summed E-state index contributed by atoms with van der Waals surface area (Å²) < 4.78 is 6.11. The van der Waals surface area contributed by atoms with Crippen molar-refractivity contribution in [1.82, 2.24) is 20.1 Å². The minimum atomic E-state index is -0.343. The molecule has 0 saturated carbocycles. The fourth-order valence-corrected chi connectivity index (χ4v) is 1.68. The number of methoxy groups -OCH3 is 1. The molecule has 2 heterocycles. The summed E-state index contributed by atoms with van der Waals surface area (Å²) in [5.41, 5.74) is 0.809. The Labute approximate surface area is 121 Å². The third-order valence-corrected chi connectivity index (χ3v) is 2.78. The number of hydrogen-bond donors (Lipinski definition) is 1. The fourth-order valence-electron chi connectivity index (χ4n) is 1.68. The Kier molecular flexibility index (Phi) is 5.16. The summed E-state index contributed by atoms with van der Waals surface area (Å²) >= 11 is 0. The number of ether oxygens (including phenoxy) is 1. The van der Waals surface area contributed by atoms with Crippen LogP contribution in [0.3, 0.4) is 0 Å². The molecule has 1 amide bonds. The molecule has 0 saturated heterocycles. The first-order valence-corrected chi connectivity index (χ1v) is 6.45. The first-order chi connectivity index (χ1) is 10.2. The van der Waals surface area contributed by atoms with Gasteiger partial charge in [0.2, 0.25) is 0 Å². The lowest BCUT2D eigenvalue weighted by Gasteiger charge is -2.07. The predicted octanol–water partition coefficient (Wildman–Crippen LogP) is 0.215. The van der Waals surface area contributed by atoms with Gasteiger partial charge in [0.25, 0.3) is 11.5 Å². The lowest BCUT2D eigenvalue weighted by Crippen LogP contribution is -2.30. The third-order valence-electron chi connectivity index (χ3n) is 2.78. The van der Waals surface area contributed by atoms with Gasteiger partial charge in [0, 0.05) is 32.1 Å². The SMILES string of the molecule is COCCn1nc(C(=O)NCc2cccnc2)ccc1=O. The van der Waals surface area contributed by atoms with Gasteiger partial charge in [0.15, 0.2) is 0 Å². The molecule has 0 aliphatic heterocycles. The second-order valence-electron chi connectivity index (χ2n) is 4.32. The molecular weight excluding hydrogens is 272 g/mol. The van der Waals surface area contributed by atoms with Gasteiger partial charge in [-0.05, 0) is 17.7 Å². The number of nitrogens with one attached hydrogen (secondary N) is 1. The van der Waals surface area contributed by atoms with E-state index in [1.165, 1.54) is 23.9 Å². The van der Waals surface area contributed by atoms with E-state index in [0.29, 0.717) is 19.7 Å². The molecule has 110 valence electrons. The summed E-state index contributed by atoms with van der Waals surface area (Å²) in [6, 6.07) is 6.39. The molecule has 0 bridgehead atoms. The molecule has 0 unspecified atom stereocenters. The zero-order valence-electron chi connectivity index (χ0n) is 11.7. The van der Waals surface area contributed by atoms with Crippen LogP contribution in [0.15, 0.2) is 41.5 Å². The Morgan fingerprint density at radius 1 is 1.38 bits per heavy atom. The second-order valence-corrected chi connectivity index (χ2v) is 4.32. The van der Waals surface area contributed by atoms with Gasteiger partial charge < -0.3 is 10.1 Å². The molecule has 1 N–H and O–H groups in total. The van der Waals surface area contributed by atoms with E-state index in [1.807, 2.05) is 6.07 Å². The van der Waals surface area contributed by atoms with E-state index >= 15 is 0 Å². The molecule has 7 heteroatoms. The van der Waals surface area contributed by atoms with Crippen molar-refractivity contribution in [2.45, 2.75) is 13.1 Å². The van der Waals surface area contributed by atoms with E-state index in [4.69, 9.17) is 4.74 Å². The summed E-state index contributed by atoms with van der Waals surface area (Å²) in [6.45, 7) is 1.01. The summed E-state index contributed by atoms with van der Waals surface area (Å²) in [5.74, 6) is -0.343. The number of amides is 1. The molecule has 21 heavy (non-hydrogen) atoms. The van der Waals surface area contributed by atoms with Crippen LogP contribution in [0.5, 0.6) is 0 Å². The third kappa shape index (κ3) is 4.22. The largest absolute Gasteiger partial charge is 0.383 e. The summed E-state index contributed by atoms with van der Waals surface area (Å²) in [7, 11) is 1.54. The van der Waals surface area contributed by atoms with Gasteiger partial charge in [-0.2, -0.15) is 5.10 Å². The van der Waals surface area contributed by atoms with Crippen LogP contribution in [0.2, 0.25) is 0 Å². The van der Waals surface area contributed by atoms with Crippen LogP contribution in [0.1, 0.15) is 16.1 Å². The molecule has 2 rings (SSSR count). The first kappa shape index (κ1) is 14.9. The Morgan fingerprint density at radius 2 is 2.24 bits per heavy atom.